The number of likely N-dealkylation sites (tertiary alicyclic amines) is 1. The van der Waals surface area contributed by atoms with E-state index >= 15 is 0 Å². The highest BCUT2D eigenvalue weighted by Crippen LogP contribution is 2.48. The van der Waals surface area contributed by atoms with E-state index in [1.165, 1.54) is 16.7 Å². The zero-order valence-electron chi connectivity index (χ0n) is 20.4. The van der Waals surface area contributed by atoms with Gasteiger partial charge in [-0.2, -0.15) is 0 Å². The minimum Gasteiger partial charge on any atom is -0.382 e. The average molecular weight is 459 g/mol. The lowest BCUT2D eigenvalue weighted by Gasteiger charge is -2.42. The highest BCUT2D eigenvalue weighted by molar-refractivity contribution is 5.91. The van der Waals surface area contributed by atoms with Crippen molar-refractivity contribution in [1.82, 2.24) is 9.88 Å². The highest BCUT2D eigenvalue weighted by Gasteiger charge is 2.45. The van der Waals surface area contributed by atoms with E-state index in [4.69, 9.17) is 15.5 Å². The number of ether oxygens (including phenoxy) is 1. The number of aromatic nitrogens is 1. The molecular formula is C28H34N4O2. The molecule has 2 aliphatic rings. The first-order chi connectivity index (χ1) is 16.5. The van der Waals surface area contributed by atoms with Crippen LogP contribution in [-0.4, -0.2) is 49.1 Å². The Morgan fingerprint density at radius 3 is 2.65 bits per heavy atom. The highest BCUT2D eigenvalue weighted by atomic mass is 16.5. The number of nitrogen functional groups attached to an aromatic ring is 1. The summed E-state index contributed by atoms with van der Waals surface area (Å²) in [5, 5.41) is 1.07. The van der Waals surface area contributed by atoms with Crippen LogP contribution in [0.3, 0.4) is 0 Å². The first kappa shape index (κ1) is 22.7. The third kappa shape index (κ3) is 3.61. The fourth-order valence-electron chi connectivity index (χ4n) is 6.03. The van der Waals surface area contributed by atoms with Crippen LogP contribution in [0.25, 0.3) is 22.0 Å². The van der Waals surface area contributed by atoms with Crippen molar-refractivity contribution in [2.75, 3.05) is 43.5 Å². The van der Waals surface area contributed by atoms with Gasteiger partial charge in [0.15, 0.2) is 0 Å². The summed E-state index contributed by atoms with van der Waals surface area (Å²) >= 11 is 0. The minimum atomic E-state index is -0.295. The van der Waals surface area contributed by atoms with E-state index in [0.29, 0.717) is 24.9 Å². The Morgan fingerprint density at radius 1 is 1.12 bits per heavy atom. The van der Waals surface area contributed by atoms with Gasteiger partial charge in [-0.05, 0) is 66.1 Å². The number of fused-ring (bicyclic) bond motifs is 1. The SMILES string of the molecule is Cc1cccc(C2(C(C)C)CCCN2C=O)c1-c1ccc2nc(N)c(N3CCOCC3)cc2c1. The van der Waals surface area contributed by atoms with E-state index in [1.807, 2.05) is 4.90 Å². The van der Waals surface area contributed by atoms with Gasteiger partial charge in [0.1, 0.15) is 5.82 Å². The number of amides is 1. The molecular weight excluding hydrogens is 424 g/mol. The Hall–Kier alpha value is -3.12. The molecule has 5 rings (SSSR count). The van der Waals surface area contributed by atoms with Crippen LogP contribution in [-0.2, 0) is 15.1 Å². The maximum absolute atomic E-state index is 12.1. The topological polar surface area (TPSA) is 71.7 Å². The second-order valence-electron chi connectivity index (χ2n) is 9.88. The summed E-state index contributed by atoms with van der Waals surface area (Å²) in [6.07, 6.45) is 3.04. The number of anilines is 2. The molecule has 3 heterocycles. The summed E-state index contributed by atoms with van der Waals surface area (Å²) in [4.78, 5) is 21.1. The van der Waals surface area contributed by atoms with Crippen molar-refractivity contribution in [1.29, 1.82) is 0 Å². The van der Waals surface area contributed by atoms with E-state index in [2.05, 4.69) is 68.1 Å². The number of aryl methyl sites for hydroxylation is 1. The Morgan fingerprint density at radius 2 is 1.91 bits per heavy atom. The summed E-state index contributed by atoms with van der Waals surface area (Å²) in [6.45, 7) is 10.5. The summed E-state index contributed by atoms with van der Waals surface area (Å²) < 4.78 is 5.52. The van der Waals surface area contributed by atoms with Gasteiger partial charge in [-0.25, -0.2) is 4.98 Å². The van der Waals surface area contributed by atoms with Crippen LogP contribution in [0.5, 0.6) is 0 Å². The van der Waals surface area contributed by atoms with Crippen LogP contribution in [0.4, 0.5) is 11.5 Å². The molecule has 178 valence electrons. The first-order valence-corrected chi connectivity index (χ1v) is 12.3. The molecule has 2 aromatic carbocycles. The molecule has 0 aliphatic carbocycles. The van der Waals surface area contributed by atoms with Crippen molar-refractivity contribution in [3.05, 3.63) is 53.6 Å². The fraction of sp³-hybridized carbons (Fsp3) is 0.429. The van der Waals surface area contributed by atoms with Crippen molar-refractivity contribution in [2.24, 2.45) is 5.92 Å². The number of carbonyl (C=O) groups is 1. The molecule has 1 atom stereocenters. The molecule has 2 saturated heterocycles. The van der Waals surface area contributed by atoms with Gasteiger partial charge in [0.2, 0.25) is 6.41 Å². The number of benzene rings is 2. The van der Waals surface area contributed by atoms with Crippen molar-refractivity contribution in [3.63, 3.8) is 0 Å². The molecule has 0 bridgehead atoms. The second kappa shape index (κ2) is 8.91. The molecule has 2 N–H and O–H groups in total. The Balaban J connectivity index is 1.67. The van der Waals surface area contributed by atoms with Gasteiger partial charge in [-0.3, -0.25) is 4.79 Å². The Kier molecular flexibility index (Phi) is 5.94. The minimum absolute atomic E-state index is 0.295. The molecule has 0 radical (unpaired) electrons. The predicted molar refractivity (Wildman–Crippen MR) is 138 cm³/mol. The van der Waals surface area contributed by atoms with Crippen LogP contribution >= 0.6 is 0 Å². The number of nitrogens with two attached hydrogens (primary N) is 1. The van der Waals surface area contributed by atoms with E-state index in [1.54, 1.807) is 0 Å². The number of carbonyl (C=O) groups excluding carboxylic acids is 1. The monoisotopic (exact) mass is 458 g/mol. The lowest BCUT2D eigenvalue weighted by molar-refractivity contribution is -0.123. The van der Waals surface area contributed by atoms with Crippen molar-refractivity contribution >= 4 is 28.8 Å². The van der Waals surface area contributed by atoms with Crippen molar-refractivity contribution < 1.29 is 9.53 Å². The predicted octanol–water partition coefficient (Wildman–Crippen LogP) is 4.73. The van der Waals surface area contributed by atoms with Gasteiger partial charge in [0, 0.05) is 25.0 Å². The van der Waals surface area contributed by atoms with E-state index in [9.17, 15) is 4.79 Å². The average Bonchev–Trinajstić information content (AvgIpc) is 3.29. The van der Waals surface area contributed by atoms with Crippen LogP contribution in [0, 0.1) is 12.8 Å². The molecule has 0 spiro atoms. The maximum Gasteiger partial charge on any atom is 0.210 e. The zero-order valence-corrected chi connectivity index (χ0v) is 20.4. The normalized spacial score (nSPS) is 20.9. The van der Waals surface area contributed by atoms with Gasteiger partial charge < -0.3 is 20.3 Å². The smallest absolute Gasteiger partial charge is 0.210 e. The van der Waals surface area contributed by atoms with Crippen molar-refractivity contribution in [2.45, 2.75) is 39.2 Å². The van der Waals surface area contributed by atoms with Gasteiger partial charge in [-0.1, -0.05) is 38.1 Å². The Bertz CT molecular complexity index is 1220. The second-order valence-corrected chi connectivity index (χ2v) is 9.88. The standard InChI is InChI=1S/C28H34N4O2/c1-19(2)28(10-5-11-32(28)18-33)23-7-4-6-20(3)26(23)21-8-9-24-22(16-21)17-25(27(29)30-24)31-12-14-34-15-13-31/h4,6-9,16-19H,5,10-15H2,1-3H3,(H2,29,30). The maximum atomic E-state index is 12.1. The van der Waals surface area contributed by atoms with E-state index in [-0.39, 0.29) is 5.54 Å². The number of hydrogen-bond donors (Lipinski definition) is 1. The van der Waals surface area contributed by atoms with Crippen molar-refractivity contribution in [3.8, 4) is 11.1 Å². The van der Waals surface area contributed by atoms with Crippen LogP contribution in [0.2, 0.25) is 0 Å². The van der Waals surface area contributed by atoms with Gasteiger partial charge in [-0.15, -0.1) is 0 Å². The van der Waals surface area contributed by atoms with Gasteiger partial charge in [0.25, 0.3) is 0 Å². The molecule has 3 aromatic rings. The third-order valence-corrected chi connectivity index (χ3v) is 7.75. The number of rotatable bonds is 5. The van der Waals surface area contributed by atoms with Crippen LogP contribution in [0.15, 0.2) is 42.5 Å². The number of nitrogens with zero attached hydrogens (tertiary/aromatic N) is 3. The van der Waals surface area contributed by atoms with Crippen LogP contribution < -0.4 is 10.6 Å². The molecule has 1 unspecified atom stereocenters. The van der Waals surface area contributed by atoms with Crippen LogP contribution in [0.1, 0.15) is 37.8 Å². The van der Waals surface area contributed by atoms with Gasteiger partial charge >= 0.3 is 0 Å². The summed E-state index contributed by atoms with van der Waals surface area (Å²) in [6, 6.07) is 15.1. The largest absolute Gasteiger partial charge is 0.382 e. The molecule has 6 heteroatoms. The summed E-state index contributed by atoms with van der Waals surface area (Å²) in [5.74, 6) is 0.862. The van der Waals surface area contributed by atoms with E-state index < -0.39 is 0 Å². The fourth-order valence-corrected chi connectivity index (χ4v) is 6.03. The molecule has 0 saturated carbocycles. The summed E-state index contributed by atoms with van der Waals surface area (Å²) in [7, 11) is 0. The van der Waals surface area contributed by atoms with Gasteiger partial charge in [0.05, 0.1) is 30.0 Å². The molecule has 1 amide bonds. The molecule has 1 aromatic heterocycles. The zero-order chi connectivity index (χ0) is 23.9. The quantitative estimate of drug-likeness (QED) is 0.560. The summed E-state index contributed by atoms with van der Waals surface area (Å²) in [5.41, 5.74) is 12.7. The Labute approximate surface area is 201 Å². The first-order valence-electron chi connectivity index (χ1n) is 12.3. The number of pyridine rings is 1. The molecule has 6 nitrogen and oxygen atoms in total. The lowest BCUT2D eigenvalue weighted by atomic mass is 9.74. The molecule has 34 heavy (non-hydrogen) atoms. The molecule has 2 aliphatic heterocycles. The number of morpholine rings is 1. The third-order valence-electron chi connectivity index (χ3n) is 7.75. The number of hydrogen-bond acceptors (Lipinski definition) is 5. The molecule has 2 fully saturated rings. The van der Waals surface area contributed by atoms with E-state index in [0.717, 1.165) is 61.0 Å². The lowest BCUT2D eigenvalue weighted by Crippen LogP contribution is -2.45.